The maximum absolute atomic E-state index is 4.25. The quantitative estimate of drug-likeness (QED) is 0.567. The summed E-state index contributed by atoms with van der Waals surface area (Å²) in [6.07, 6.45) is 6.91. The number of fused-ring (bicyclic) bond motifs is 1. The molecule has 0 aliphatic rings. The van der Waals surface area contributed by atoms with Crippen molar-refractivity contribution in [3.05, 3.63) is 54.3 Å². The predicted octanol–water partition coefficient (Wildman–Crippen LogP) is 3.45. The van der Waals surface area contributed by atoms with Gasteiger partial charge in [-0.3, -0.25) is 4.68 Å². The summed E-state index contributed by atoms with van der Waals surface area (Å²) in [6.45, 7) is 1.82. The van der Waals surface area contributed by atoms with E-state index in [1.54, 1.807) is 17.5 Å². The lowest BCUT2D eigenvalue weighted by atomic mass is 10.2. The van der Waals surface area contributed by atoms with Gasteiger partial charge in [-0.25, -0.2) is 4.98 Å². The van der Waals surface area contributed by atoms with E-state index in [2.05, 4.69) is 56.4 Å². The Labute approximate surface area is 131 Å². The van der Waals surface area contributed by atoms with Crippen LogP contribution < -0.4 is 0 Å². The van der Waals surface area contributed by atoms with Crippen LogP contribution in [-0.4, -0.2) is 24.5 Å². The van der Waals surface area contributed by atoms with Gasteiger partial charge in [0.25, 0.3) is 0 Å². The van der Waals surface area contributed by atoms with Gasteiger partial charge in [0.1, 0.15) is 10.7 Å². The number of thiazole rings is 1. The highest BCUT2D eigenvalue weighted by Gasteiger charge is 2.06. The molecule has 0 atom stereocenters. The van der Waals surface area contributed by atoms with Crippen LogP contribution >= 0.6 is 11.3 Å². The van der Waals surface area contributed by atoms with Crippen molar-refractivity contribution in [2.24, 2.45) is 0 Å². The first-order chi connectivity index (χ1) is 10.9. The molecule has 22 heavy (non-hydrogen) atoms. The molecular formula is C16H15N5S. The van der Waals surface area contributed by atoms with Crippen molar-refractivity contribution in [2.45, 2.75) is 19.5 Å². The molecule has 0 saturated heterocycles. The van der Waals surface area contributed by atoms with Gasteiger partial charge in [0.2, 0.25) is 0 Å². The molecule has 4 rings (SSSR count). The Morgan fingerprint density at radius 1 is 1.09 bits per heavy atom. The van der Waals surface area contributed by atoms with Gasteiger partial charge in [-0.2, -0.15) is 0 Å². The molecule has 4 aromatic rings. The van der Waals surface area contributed by atoms with Gasteiger partial charge in [-0.05, 0) is 23.9 Å². The molecule has 3 aromatic heterocycles. The summed E-state index contributed by atoms with van der Waals surface area (Å²) in [5, 5.41) is 12.5. The third kappa shape index (κ3) is 2.53. The van der Waals surface area contributed by atoms with E-state index in [4.69, 9.17) is 0 Å². The SMILES string of the molecule is c1ccc2c(c1)ccn2CCCn1cc(-c2nccs2)nn1. The first-order valence-electron chi connectivity index (χ1n) is 7.24. The number of nitrogens with zero attached hydrogens (tertiary/aromatic N) is 5. The summed E-state index contributed by atoms with van der Waals surface area (Å²) in [6, 6.07) is 10.6. The second-order valence-electron chi connectivity index (χ2n) is 5.13. The van der Waals surface area contributed by atoms with Gasteiger partial charge in [-0.15, -0.1) is 16.4 Å². The Morgan fingerprint density at radius 2 is 2.05 bits per heavy atom. The number of hydrogen-bond acceptors (Lipinski definition) is 4. The second-order valence-corrected chi connectivity index (χ2v) is 6.02. The van der Waals surface area contributed by atoms with Crippen molar-refractivity contribution in [1.29, 1.82) is 0 Å². The maximum atomic E-state index is 4.25. The van der Waals surface area contributed by atoms with Crippen molar-refractivity contribution < 1.29 is 0 Å². The van der Waals surface area contributed by atoms with Crippen LogP contribution in [0.15, 0.2) is 54.3 Å². The van der Waals surface area contributed by atoms with Crippen molar-refractivity contribution >= 4 is 22.2 Å². The Balaban J connectivity index is 1.41. The number of rotatable bonds is 5. The van der Waals surface area contributed by atoms with Gasteiger partial charge < -0.3 is 4.57 Å². The Morgan fingerprint density at radius 3 is 2.95 bits per heavy atom. The number of benzene rings is 1. The van der Waals surface area contributed by atoms with Crippen LogP contribution in [0.5, 0.6) is 0 Å². The Kier molecular flexibility index (Phi) is 3.44. The van der Waals surface area contributed by atoms with E-state index in [1.165, 1.54) is 10.9 Å². The predicted molar refractivity (Wildman–Crippen MR) is 87.7 cm³/mol. The molecule has 0 radical (unpaired) electrons. The fourth-order valence-corrected chi connectivity index (χ4v) is 3.18. The lowest BCUT2D eigenvalue weighted by molar-refractivity contribution is 0.520. The first-order valence-corrected chi connectivity index (χ1v) is 8.12. The van der Waals surface area contributed by atoms with Crippen LogP contribution in [-0.2, 0) is 13.1 Å². The number of aromatic nitrogens is 5. The Bertz CT molecular complexity index is 875. The zero-order valence-corrected chi connectivity index (χ0v) is 12.8. The van der Waals surface area contributed by atoms with Crippen molar-refractivity contribution in [3.8, 4) is 10.7 Å². The third-order valence-electron chi connectivity index (χ3n) is 3.66. The van der Waals surface area contributed by atoms with Gasteiger partial charge in [0.05, 0.1) is 6.20 Å². The normalized spacial score (nSPS) is 11.3. The molecular weight excluding hydrogens is 294 g/mol. The van der Waals surface area contributed by atoms with Crippen LogP contribution in [0, 0.1) is 0 Å². The van der Waals surface area contributed by atoms with Crippen LogP contribution in [0.2, 0.25) is 0 Å². The molecule has 1 aromatic carbocycles. The van der Waals surface area contributed by atoms with Crippen LogP contribution in [0.3, 0.4) is 0 Å². The molecule has 0 aliphatic heterocycles. The van der Waals surface area contributed by atoms with Crippen molar-refractivity contribution in [3.63, 3.8) is 0 Å². The molecule has 0 bridgehead atoms. The van der Waals surface area contributed by atoms with Crippen molar-refractivity contribution in [1.82, 2.24) is 24.5 Å². The van der Waals surface area contributed by atoms with E-state index in [1.807, 2.05) is 16.3 Å². The minimum Gasteiger partial charge on any atom is -0.347 e. The van der Waals surface area contributed by atoms with E-state index in [0.29, 0.717) is 0 Å². The minimum absolute atomic E-state index is 0.849. The average molecular weight is 309 g/mol. The molecule has 0 unspecified atom stereocenters. The fraction of sp³-hybridized carbons (Fsp3) is 0.188. The minimum atomic E-state index is 0.849. The van der Waals surface area contributed by atoms with E-state index < -0.39 is 0 Å². The molecule has 0 amide bonds. The van der Waals surface area contributed by atoms with E-state index >= 15 is 0 Å². The van der Waals surface area contributed by atoms with Crippen molar-refractivity contribution in [2.75, 3.05) is 0 Å². The molecule has 0 aliphatic carbocycles. The largest absolute Gasteiger partial charge is 0.347 e. The second kappa shape index (κ2) is 5.73. The van der Waals surface area contributed by atoms with Crippen LogP contribution in [0.25, 0.3) is 21.6 Å². The summed E-state index contributed by atoms with van der Waals surface area (Å²) in [5.74, 6) is 0. The standard InChI is InChI=1S/C16H15N5S/c1-2-5-15-13(4-1)6-10-20(15)8-3-9-21-12-14(18-19-21)16-17-7-11-22-16/h1-2,4-7,10-12H,3,8-9H2. The fourth-order valence-electron chi connectivity index (χ4n) is 2.59. The molecule has 3 heterocycles. The molecule has 0 fully saturated rings. The molecule has 6 heteroatoms. The molecule has 0 saturated carbocycles. The number of aryl methyl sites for hydroxylation is 2. The summed E-state index contributed by atoms with van der Waals surface area (Å²) in [5.41, 5.74) is 2.13. The van der Waals surface area contributed by atoms with Gasteiger partial charge in [0, 0.05) is 36.4 Å². The van der Waals surface area contributed by atoms with E-state index in [9.17, 15) is 0 Å². The smallest absolute Gasteiger partial charge is 0.145 e. The summed E-state index contributed by atoms with van der Waals surface area (Å²) < 4.78 is 4.18. The first kappa shape index (κ1) is 13.2. The van der Waals surface area contributed by atoms with Gasteiger partial charge in [0.15, 0.2) is 0 Å². The summed E-state index contributed by atoms with van der Waals surface area (Å²) >= 11 is 1.58. The maximum Gasteiger partial charge on any atom is 0.145 e. The molecule has 5 nitrogen and oxygen atoms in total. The van der Waals surface area contributed by atoms with Gasteiger partial charge >= 0.3 is 0 Å². The van der Waals surface area contributed by atoms with Crippen LogP contribution in [0.1, 0.15) is 6.42 Å². The Hall–Kier alpha value is -2.47. The highest BCUT2D eigenvalue weighted by Crippen LogP contribution is 2.18. The average Bonchev–Trinajstić information content (AvgIpc) is 3.28. The highest BCUT2D eigenvalue weighted by molar-refractivity contribution is 7.13. The molecule has 110 valence electrons. The number of hydrogen-bond donors (Lipinski definition) is 0. The number of para-hydroxylation sites is 1. The highest BCUT2D eigenvalue weighted by atomic mass is 32.1. The van der Waals surface area contributed by atoms with Gasteiger partial charge in [-0.1, -0.05) is 23.4 Å². The third-order valence-corrected chi connectivity index (χ3v) is 4.45. The topological polar surface area (TPSA) is 48.5 Å². The lowest BCUT2D eigenvalue weighted by Gasteiger charge is -2.05. The zero-order chi connectivity index (χ0) is 14.8. The lowest BCUT2D eigenvalue weighted by Crippen LogP contribution is -2.03. The zero-order valence-electron chi connectivity index (χ0n) is 12.0. The van der Waals surface area contributed by atoms with E-state index in [-0.39, 0.29) is 0 Å². The summed E-state index contributed by atoms with van der Waals surface area (Å²) in [7, 11) is 0. The summed E-state index contributed by atoms with van der Waals surface area (Å²) in [4.78, 5) is 4.25. The molecule has 0 N–H and O–H groups in total. The molecule has 0 spiro atoms. The van der Waals surface area contributed by atoms with E-state index in [0.717, 1.165) is 30.2 Å². The monoisotopic (exact) mass is 309 g/mol. The van der Waals surface area contributed by atoms with Crippen LogP contribution in [0.4, 0.5) is 0 Å².